The molecule has 0 bridgehead atoms. The van der Waals surface area contributed by atoms with Crippen LogP contribution in [0.15, 0.2) is 18.2 Å². The van der Waals surface area contributed by atoms with Crippen molar-refractivity contribution in [1.29, 1.82) is 0 Å². The molecule has 0 saturated heterocycles. The number of carbonyl (C=O) groups excluding carboxylic acids is 2. The first-order valence-electron chi connectivity index (χ1n) is 6.17. The molecule has 4 nitrogen and oxygen atoms in total. The molecule has 0 aliphatic carbocycles. The van der Waals surface area contributed by atoms with Crippen molar-refractivity contribution in [2.45, 2.75) is 31.7 Å². The summed E-state index contributed by atoms with van der Waals surface area (Å²) in [6, 6.07) is -0.239. The van der Waals surface area contributed by atoms with Crippen molar-refractivity contribution in [3.8, 4) is 0 Å². The number of alkyl halides is 6. The smallest absolute Gasteiger partial charge is 0.368 e. The topological polar surface area (TPSA) is 72.2 Å². The third-order valence-corrected chi connectivity index (χ3v) is 2.82. The molecule has 0 aromatic heterocycles. The Bertz CT molecular complexity index is 577. The second kappa shape index (κ2) is 6.47. The minimum Gasteiger partial charge on any atom is -0.368 e. The Kier molecular flexibility index (Phi) is 5.28. The summed E-state index contributed by atoms with van der Waals surface area (Å²) in [5.74, 6) is -1.82. The molecule has 0 unspecified atom stereocenters. The van der Waals surface area contributed by atoms with E-state index in [9.17, 15) is 35.9 Å². The van der Waals surface area contributed by atoms with Gasteiger partial charge in [-0.1, -0.05) is 0 Å². The molecule has 23 heavy (non-hydrogen) atoms. The molecule has 0 aliphatic heterocycles. The molecule has 0 fully saturated rings. The molecule has 0 radical (unpaired) electrons. The number of carbonyl (C=O) groups is 2. The molecule has 0 spiro atoms. The molecule has 128 valence electrons. The van der Waals surface area contributed by atoms with Crippen molar-refractivity contribution in [1.82, 2.24) is 5.32 Å². The first-order valence-corrected chi connectivity index (χ1v) is 6.17. The van der Waals surface area contributed by atoms with E-state index >= 15 is 0 Å². The zero-order valence-corrected chi connectivity index (χ0v) is 11.7. The highest BCUT2D eigenvalue weighted by molar-refractivity contribution is 5.87. The van der Waals surface area contributed by atoms with Crippen LogP contribution in [0, 0.1) is 0 Å². The number of nitrogens with one attached hydrogen (secondary N) is 1. The fourth-order valence-electron chi connectivity index (χ4n) is 1.67. The Labute approximate surface area is 126 Å². The Hall–Kier alpha value is -2.26. The van der Waals surface area contributed by atoms with E-state index in [0.29, 0.717) is 12.1 Å². The summed E-state index contributed by atoms with van der Waals surface area (Å²) < 4.78 is 76.0. The number of amides is 2. The van der Waals surface area contributed by atoms with Gasteiger partial charge in [-0.2, -0.15) is 26.3 Å². The largest absolute Gasteiger partial charge is 0.416 e. The number of hydrogen-bond acceptors (Lipinski definition) is 2. The molecular weight excluding hydrogens is 330 g/mol. The van der Waals surface area contributed by atoms with Gasteiger partial charge in [0, 0.05) is 0 Å². The zero-order valence-electron chi connectivity index (χ0n) is 11.7. The Morgan fingerprint density at radius 2 is 1.48 bits per heavy atom. The monoisotopic (exact) mass is 342 g/mol. The van der Waals surface area contributed by atoms with E-state index in [4.69, 9.17) is 5.73 Å². The summed E-state index contributed by atoms with van der Waals surface area (Å²) in [5, 5.41) is 2.07. The highest BCUT2D eigenvalue weighted by Gasteiger charge is 2.37. The van der Waals surface area contributed by atoms with Gasteiger partial charge in [-0.15, -0.1) is 0 Å². The van der Waals surface area contributed by atoms with Gasteiger partial charge in [-0.05, 0) is 30.7 Å². The van der Waals surface area contributed by atoms with Gasteiger partial charge in [0.1, 0.15) is 6.04 Å². The maximum absolute atomic E-state index is 12.7. The second-order valence-electron chi connectivity index (χ2n) is 4.78. The summed E-state index contributed by atoms with van der Waals surface area (Å²) in [5.41, 5.74) is 1.37. The van der Waals surface area contributed by atoms with Crippen molar-refractivity contribution in [2.75, 3.05) is 0 Å². The Balaban J connectivity index is 3.11. The van der Waals surface area contributed by atoms with Gasteiger partial charge in [-0.25, -0.2) is 0 Å². The quantitative estimate of drug-likeness (QED) is 0.824. The second-order valence-corrected chi connectivity index (χ2v) is 4.78. The van der Waals surface area contributed by atoms with Crippen LogP contribution in [0.5, 0.6) is 0 Å². The predicted molar refractivity (Wildman–Crippen MR) is 66.9 cm³/mol. The van der Waals surface area contributed by atoms with E-state index in [1.165, 1.54) is 6.92 Å². The SMILES string of the molecule is C[C@H](NC(=O)Cc1cc(C(F)(F)F)cc(C(F)(F)F)c1)C(N)=O. The molecule has 10 heteroatoms. The van der Waals surface area contributed by atoms with Gasteiger partial charge in [0.2, 0.25) is 11.8 Å². The lowest BCUT2D eigenvalue weighted by molar-refractivity contribution is -0.143. The van der Waals surface area contributed by atoms with Crippen molar-refractivity contribution in [2.24, 2.45) is 5.73 Å². The Morgan fingerprint density at radius 1 is 1.04 bits per heavy atom. The van der Waals surface area contributed by atoms with Gasteiger partial charge in [0.05, 0.1) is 17.5 Å². The average Bonchev–Trinajstić information content (AvgIpc) is 2.35. The number of benzene rings is 1. The van der Waals surface area contributed by atoms with Gasteiger partial charge in [-0.3, -0.25) is 9.59 Å². The van der Waals surface area contributed by atoms with Gasteiger partial charge in [0.15, 0.2) is 0 Å². The molecule has 0 aliphatic rings. The van der Waals surface area contributed by atoms with Gasteiger partial charge < -0.3 is 11.1 Å². The van der Waals surface area contributed by atoms with Crippen LogP contribution in [0.3, 0.4) is 0 Å². The lowest BCUT2D eigenvalue weighted by atomic mass is 10.0. The number of primary amides is 1. The summed E-state index contributed by atoms with van der Waals surface area (Å²) in [4.78, 5) is 22.3. The highest BCUT2D eigenvalue weighted by Crippen LogP contribution is 2.36. The summed E-state index contributed by atoms with van der Waals surface area (Å²) in [6.07, 6.45) is -10.7. The van der Waals surface area contributed by atoms with Gasteiger partial charge >= 0.3 is 12.4 Å². The summed E-state index contributed by atoms with van der Waals surface area (Å²) in [7, 11) is 0. The third kappa shape index (κ3) is 5.46. The normalized spacial score (nSPS) is 13.5. The van der Waals surface area contributed by atoms with Crippen LogP contribution < -0.4 is 11.1 Å². The molecule has 0 heterocycles. The lowest BCUT2D eigenvalue weighted by Crippen LogP contribution is -2.42. The zero-order chi connectivity index (χ0) is 18.0. The molecule has 1 atom stereocenters. The summed E-state index contributed by atoms with van der Waals surface area (Å²) >= 11 is 0. The highest BCUT2D eigenvalue weighted by atomic mass is 19.4. The fraction of sp³-hybridized carbons (Fsp3) is 0.385. The molecular formula is C13H12F6N2O2. The molecule has 3 N–H and O–H groups in total. The number of rotatable bonds is 4. The van der Waals surface area contributed by atoms with Crippen LogP contribution in [0.2, 0.25) is 0 Å². The van der Waals surface area contributed by atoms with Crippen molar-refractivity contribution in [3.63, 3.8) is 0 Å². The van der Waals surface area contributed by atoms with E-state index < -0.39 is 53.3 Å². The standard InChI is InChI=1S/C13H12F6N2O2/c1-6(11(20)23)21-10(22)4-7-2-8(12(14,15)16)5-9(3-7)13(17,18)19/h2-3,5-6H,4H2,1H3,(H2,20,23)(H,21,22)/t6-/m0/s1. The molecule has 1 aromatic carbocycles. The van der Waals surface area contributed by atoms with Crippen LogP contribution in [0.25, 0.3) is 0 Å². The van der Waals surface area contributed by atoms with Crippen LogP contribution >= 0.6 is 0 Å². The van der Waals surface area contributed by atoms with Crippen LogP contribution in [0.4, 0.5) is 26.3 Å². The van der Waals surface area contributed by atoms with Crippen molar-refractivity contribution >= 4 is 11.8 Å². The first-order chi connectivity index (χ1) is 10.3. The molecule has 2 amide bonds. The van der Waals surface area contributed by atoms with Crippen LogP contribution in [-0.4, -0.2) is 17.9 Å². The molecule has 1 rings (SSSR count). The van der Waals surface area contributed by atoms with E-state index in [2.05, 4.69) is 5.32 Å². The minimum absolute atomic E-state index is 0.0343. The maximum atomic E-state index is 12.7. The van der Waals surface area contributed by atoms with E-state index in [0.717, 1.165) is 0 Å². The summed E-state index contributed by atoms with van der Waals surface area (Å²) in [6.45, 7) is 1.23. The predicted octanol–water partition coefficient (Wildman–Crippen LogP) is 2.26. The first kappa shape index (κ1) is 18.8. The average molecular weight is 342 g/mol. The maximum Gasteiger partial charge on any atom is 0.416 e. The minimum atomic E-state index is -4.99. The number of halogens is 6. The van der Waals surface area contributed by atoms with E-state index in [1.54, 1.807) is 0 Å². The van der Waals surface area contributed by atoms with E-state index in [1.807, 2.05) is 0 Å². The fourth-order valence-corrected chi connectivity index (χ4v) is 1.67. The van der Waals surface area contributed by atoms with Gasteiger partial charge in [0.25, 0.3) is 0 Å². The lowest BCUT2D eigenvalue weighted by Gasteiger charge is -2.15. The number of nitrogens with two attached hydrogens (primary N) is 1. The number of hydrogen-bond donors (Lipinski definition) is 2. The van der Waals surface area contributed by atoms with Crippen LogP contribution in [-0.2, 0) is 28.4 Å². The molecule has 1 aromatic rings. The van der Waals surface area contributed by atoms with E-state index in [-0.39, 0.29) is 6.07 Å². The van der Waals surface area contributed by atoms with Crippen molar-refractivity contribution in [3.05, 3.63) is 34.9 Å². The van der Waals surface area contributed by atoms with Crippen molar-refractivity contribution < 1.29 is 35.9 Å². The molecule has 0 saturated carbocycles. The van der Waals surface area contributed by atoms with Crippen LogP contribution in [0.1, 0.15) is 23.6 Å². The third-order valence-electron chi connectivity index (χ3n) is 2.82. The Morgan fingerprint density at radius 3 is 1.83 bits per heavy atom.